The molecule has 0 spiro atoms. The lowest BCUT2D eigenvalue weighted by Crippen LogP contribution is -2.26. The summed E-state index contributed by atoms with van der Waals surface area (Å²) in [5, 5.41) is 11.5. The highest BCUT2D eigenvalue weighted by Gasteiger charge is 2.14. The van der Waals surface area contributed by atoms with Crippen LogP contribution in [0.4, 0.5) is 0 Å². The van der Waals surface area contributed by atoms with E-state index in [1.807, 2.05) is 24.3 Å². The van der Waals surface area contributed by atoms with Crippen molar-refractivity contribution in [2.75, 3.05) is 0 Å². The number of hydrogen-bond acceptors (Lipinski definition) is 2. The Kier molecular flexibility index (Phi) is 4.57. The third-order valence-corrected chi connectivity index (χ3v) is 2.58. The molecule has 1 unspecified atom stereocenters. The van der Waals surface area contributed by atoms with E-state index in [0.29, 0.717) is 0 Å². The van der Waals surface area contributed by atoms with Crippen molar-refractivity contribution in [2.45, 2.75) is 13.0 Å². The molecule has 0 heterocycles. The predicted molar refractivity (Wildman–Crippen MR) is 64.1 cm³/mol. The molecular formula is C12H9BrN2O. The molecule has 0 fully saturated rings. The zero-order valence-electron chi connectivity index (χ0n) is 8.62. The molecule has 1 rings (SSSR count). The summed E-state index contributed by atoms with van der Waals surface area (Å²) < 4.78 is 0.784. The molecular weight excluding hydrogens is 268 g/mol. The number of nitrogens with one attached hydrogen (secondary N) is 1. The molecule has 1 amide bonds. The number of nitriles is 1. The third-order valence-electron chi connectivity index (χ3n) is 1.86. The minimum absolute atomic E-state index is 0.454. The Labute approximate surface area is 103 Å². The summed E-state index contributed by atoms with van der Waals surface area (Å²) in [6.07, 6.45) is 0. The Morgan fingerprint density at radius 1 is 1.50 bits per heavy atom. The molecule has 3 nitrogen and oxygen atoms in total. The van der Waals surface area contributed by atoms with Crippen molar-refractivity contribution in [1.29, 1.82) is 5.26 Å². The van der Waals surface area contributed by atoms with Crippen molar-refractivity contribution in [3.05, 3.63) is 34.3 Å². The van der Waals surface area contributed by atoms with Crippen molar-refractivity contribution >= 4 is 21.8 Å². The first-order valence-electron chi connectivity index (χ1n) is 4.56. The maximum absolute atomic E-state index is 11.2. The molecule has 4 heteroatoms. The molecule has 0 saturated heterocycles. The van der Waals surface area contributed by atoms with E-state index in [0.717, 1.165) is 10.0 Å². The number of halogens is 1. The van der Waals surface area contributed by atoms with Gasteiger partial charge in [-0.1, -0.05) is 40.0 Å². The Hall–Kier alpha value is -1.78. The van der Waals surface area contributed by atoms with E-state index in [2.05, 4.69) is 33.1 Å². The minimum atomic E-state index is -0.691. The maximum Gasteiger partial charge on any atom is 0.297 e. The second-order valence-electron chi connectivity index (χ2n) is 2.93. The van der Waals surface area contributed by atoms with Crippen LogP contribution in [-0.2, 0) is 4.79 Å². The number of benzene rings is 1. The highest BCUT2D eigenvalue weighted by atomic mass is 79.9. The molecule has 0 aliphatic heterocycles. The fourth-order valence-electron chi connectivity index (χ4n) is 1.17. The molecule has 1 atom stereocenters. The van der Waals surface area contributed by atoms with Gasteiger partial charge in [0.15, 0.2) is 0 Å². The van der Waals surface area contributed by atoms with Gasteiger partial charge in [0.2, 0.25) is 0 Å². The molecule has 16 heavy (non-hydrogen) atoms. The van der Waals surface area contributed by atoms with Gasteiger partial charge >= 0.3 is 0 Å². The molecule has 1 aromatic carbocycles. The van der Waals surface area contributed by atoms with Crippen LogP contribution in [0.2, 0.25) is 0 Å². The first kappa shape index (κ1) is 12.3. The van der Waals surface area contributed by atoms with Crippen molar-refractivity contribution in [3.8, 4) is 17.9 Å². The highest BCUT2D eigenvalue weighted by molar-refractivity contribution is 9.10. The van der Waals surface area contributed by atoms with Gasteiger partial charge in [0.25, 0.3) is 5.91 Å². The monoisotopic (exact) mass is 276 g/mol. The average molecular weight is 277 g/mol. The molecule has 0 aliphatic rings. The van der Waals surface area contributed by atoms with Crippen LogP contribution < -0.4 is 5.32 Å². The van der Waals surface area contributed by atoms with Crippen LogP contribution in [0.1, 0.15) is 18.5 Å². The van der Waals surface area contributed by atoms with Crippen molar-refractivity contribution < 1.29 is 4.79 Å². The van der Waals surface area contributed by atoms with Gasteiger partial charge in [0.1, 0.15) is 6.04 Å². The van der Waals surface area contributed by atoms with E-state index in [4.69, 9.17) is 5.26 Å². The lowest BCUT2D eigenvalue weighted by molar-refractivity contribution is -0.116. The molecule has 1 N–H and O–H groups in total. The van der Waals surface area contributed by atoms with Gasteiger partial charge in [0, 0.05) is 10.0 Å². The molecule has 0 aromatic heterocycles. The quantitative estimate of drug-likeness (QED) is 0.842. The van der Waals surface area contributed by atoms with Gasteiger partial charge in [-0.05, 0) is 18.9 Å². The molecule has 80 valence electrons. The predicted octanol–water partition coefficient (Wildman–Crippen LogP) is 2.15. The van der Waals surface area contributed by atoms with Gasteiger partial charge in [-0.15, -0.1) is 0 Å². The lowest BCUT2D eigenvalue weighted by atomic mass is 10.1. The SMILES string of the molecule is CC#CC(=O)NC(C#N)c1ccccc1Br. The number of nitrogens with zero attached hydrogens (tertiary/aromatic N) is 1. The highest BCUT2D eigenvalue weighted by Crippen LogP contribution is 2.22. The fourth-order valence-corrected chi connectivity index (χ4v) is 1.68. The van der Waals surface area contributed by atoms with Crippen molar-refractivity contribution in [2.24, 2.45) is 0 Å². The summed E-state index contributed by atoms with van der Waals surface area (Å²) in [5.41, 5.74) is 0.719. The maximum atomic E-state index is 11.2. The van der Waals surface area contributed by atoms with Crippen LogP contribution in [-0.4, -0.2) is 5.91 Å². The Balaban J connectivity index is 2.91. The van der Waals surface area contributed by atoms with Gasteiger partial charge in [0.05, 0.1) is 6.07 Å². The van der Waals surface area contributed by atoms with E-state index in [9.17, 15) is 4.79 Å². The second kappa shape index (κ2) is 5.95. The Morgan fingerprint density at radius 2 is 2.19 bits per heavy atom. The van der Waals surface area contributed by atoms with Crippen LogP contribution in [0.15, 0.2) is 28.7 Å². The standard InChI is InChI=1S/C12H9BrN2O/c1-2-5-12(16)15-11(8-14)9-6-3-4-7-10(9)13/h3-4,6-7,11H,1H3,(H,15,16). The number of rotatable bonds is 2. The largest absolute Gasteiger partial charge is 0.326 e. The third kappa shape index (κ3) is 3.12. The normalized spacial score (nSPS) is 10.6. The second-order valence-corrected chi connectivity index (χ2v) is 3.79. The number of hydrogen-bond donors (Lipinski definition) is 1. The molecule has 0 bridgehead atoms. The van der Waals surface area contributed by atoms with E-state index >= 15 is 0 Å². The Morgan fingerprint density at radius 3 is 2.75 bits per heavy atom. The van der Waals surface area contributed by atoms with Crippen LogP contribution >= 0.6 is 15.9 Å². The summed E-state index contributed by atoms with van der Waals surface area (Å²) in [7, 11) is 0. The summed E-state index contributed by atoms with van der Waals surface area (Å²) in [4.78, 5) is 11.2. The van der Waals surface area contributed by atoms with Crippen molar-refractivity contribution in [3.63, 3.8) is 0 Å². The zero-order valence-corrected chi connectivity index (χ0v) is 10.2. The van der Waals surface area contributed by atoms with Crippen molar-refractivity contribution in [1.82, 2.24) is 5.32 Å². The average Bonchev–Trinajstić information content (AvgIpc) is 2.27. The first-order valence-corrected chi connectivity index (χ1v) is 5.35. The number of amides is 1. The van der Waals surface area contributed by atoms with Gasteiger partial charge in [-0.2, -0.15) is 5.26 Å². The Bertz CT molecular complexity index is 494. The van der Waals surface area contributed by atoms with Crippen LogP contribution in [0.5, 0.6) is 0 Å². The molecule has 0 aliphatic carbocycles. The molecule has 0 radical (unpaired) electrons. The molecule has 0 saturated carbocycles. The lowest BCUT2D eigenvalue weighted by Gasteiger charge is -2.11. The topological polar surface area (TPSA) is 52.9 Å². The van der Waals surface area contributed by atoms with Gasteiger partial charge in [-0.3, -0.25) is 4.79 Å². The summed E-state index contributed by atoms with van der Waals surface area (Å²) in [6.45, 7) is 1.57. The van der Waals surface area contributed by atoms with E-state index in [1.165, 1.54) is 0 Å². The first-order chi connectivity index (χ1) is 7.69. The van der Waals surface area contributed by atoms with Gasteiger partial charge in [-0.25, -0.2) is 0 Å². The summed E-state index contributed by atoms with van der Waals surface area (Å²) in [6, 6.07) is 8.57. The summed E-state index contributed by atoms with van der Waals surface area (Å²) >= 11 is 3.33. The summed E-state index contributed by atoms with van der Waals surface area (Å²) in [5.74, 6) is 4.36. The number of carbonyl (C=O) groups excluding carboxylic acids is 1. The van der Waals surface area contributed by atoms with E-state index in [-0.39, 0.29) is 0 Å². The minimum Gasteiger partial charge on any atom is -0.326 e. The smallest absolute Gasteiger partial charge is 0.297 e. The van der Waals surface area contributed by atoms with Crippen LogP contribution in [0, 0.1) is 23.2 Å². The van der Waals surface area contributed by atoms with Gasteiger partial charge < -0.3 is 5.32 Å². The van der Waals surface area contributed by atoms with E-state index < -0.39 is 11.9 Å². The van der Waals surface area contributed by atoms with E-state index in [1.54, 1.807) is 13.0 Å². The van der Waals surface area contributed by atoms with Crippen LogP contribution in [0.3, 0.4) is 0 Å². The molecule has 1 aromatic rings. The number of carbonyl (C=O) groups is 1. The zero-order chi connectivity index (χ0) is 12.0. The fraction of sp³-hybridized carbons (Fsp3) is 0.167. The van der Waals surface area contributed by atoms with Crippen LogP contribution in [0.25, 0.3) is 0 Å².